The van der Waals surface area contributed by atoms with Gasteiger partial charge in [0.1, 0.15) is 23.6 Å². The van der Waals surface area contributed by atoms with Crippen molar-refractivity contribution >= 4 is 11.6 Å². The van der Waals surface area contributed by atoms with Crippen LogP contribution in [0.3, 0.4) is 0 Å². The summed E-state index contributed by atoms with van der Waals surface area (Å²) < 4.78 is 10.8. The predicted molar refractivity (Wildman–Crippen MR) is 83.9 cm³/mol. The quantitative estimate of drug-likeness (QED) is 0.527. The maximum Gasteiger partial charge on any atom is 0.268 e. The van der Waals surface area contributed by atoms with E-state index < -0.39 is 11.6 Å². The highest BCUT2D eigenvalue weighted by Gasteiger charge is 2.21. The van der Waals surface area contributed by atoms with Gasteiger partial charge in [-0.15, -0.1) is 5.10 Å². The third kappa shape index (κ3) is 3.57. The topological polar surface area (TPSA) is 98.1 Å². The molecule has 2 heterocycles. The number of ketones is 2. The Balaban J connectivity index is 1.65. The third-order valence-electron chi connectivity index (χ3n) is 3.44. The van der Waals surface area contributed by atoms with Gasteiger partial charge in [0.2, 0.25) is 11.6 Å². The predicted octanol–water partition coefficient (Wildman–Crippen LogP) is 1.99. The van der Waals surface area contributed by atoms with Crippen LogP contribution in [0.2, 0.25) is 0 Å². The average molecular weight is 325 g/mol. The molecule has 7 heteroatoms. The number of benzene rings is 1. The van der Waals surface area contributed by atoms with E-state index in [1.165, 1.54) is 6.33 Å². The second-order valence-corrected chi connectivity index (χ2v) is 5.15. The van der Waals surface area contributed by atoms with E-state index in [0.29, 0.717) is 17.9 Å². The monoisotopic (exact) mass is 325 g/mol. The molecule has 24 heavy (non-hydrogen) atoms. The Labute approximate surface area is 137 Å². The van der Waals surface area contributed by atoms with E-state index in [0.717, 1.165) is 11.3 Å². The van der Waals surface area contributed by atoms with E-state index in [1.54, 1.807) is 19.2 Å². The molecule has 1 aromatic carbocycles. The van der Waals surface area contributed by atoms with Gasteiger partial charge in [-0.25, -0.2) is 4.98 Å². The van der Waals surface area contributed by atoms with E-state index >= 15 is 0 Å². The summed E-state index contributed by atoms with van der Waals surface area (Å²) in [6.07, 6.45) is 1.70. The zero-order valence-electron chi connectivity index (χ0n) is 13.0. The van der Waals surface area contributed by atoms with Crippen LogP contribution in [0.1, 0.15) is 27.7 Å². The number of nitrogens with zero attached hydrogens (tertiary/aromatic N) is 2. The van der Waals surface area contributed by atoms with Gasteiger partial charge in [0.15, 0.2) is 0 Å². The Morgan fingerprint density at radius 3 is 2.79 bits per heavy atom. The summed E-state index contributed by atoms with van der Waals surface area (Å²) in [4.78, 5) is 27.4. The molecule has 0 aliphatic heterocycles. The zero-order chi connectivity index (χ0) is 16.9. The molecule has 2 aromatic heterocycles. The number of Topliss-reactive ketones (excluding diaryl/α,β-unsaturated/α-hetero) is 2. The standard InChI is InChI=1S/C17H15N3O4/c1-23-12-4-2-3-11(7-12)8-13-5-6-14(24-13)9-15(21)16(22)17-18-10-19-20-17/h2-7,10H,8-9H2,1H3,(H,18,19,20). The van der Waals surface area contributed by atoms with Crippen LogP contribution >= 0.6 is 0 Å². The molecule has 7 nitrogen and oxygen atoms in total. The van der Waals surface area contributed by atoms with Gasteiger partial charge in [-0.2, -0.15) is 0 Å². The minimum Gasteiger partial charge on any atom is -0.497 e. The van der Waals surface area contributed by atoms with Crippen LogP contribution in [0.25, 0.3) is 0 Å². The first-order valence-electron chi connectivity index (χ1n) is 7.29. The largest absolute Gasteiger partial charge is 0.497 e. The average Bonchev–Trinajstić information content (AvgIpc) is 3.26. The van der Waals surface area contributed by atoms with Crippen molar-refractivity contribution in [1.29, 1.82) is 0 Å². The Morgan fingerprint density at radius 2 is 2.04 bits per heavy atom. The second kappa shape index (κ2) is 6.91. The van der Waals surface area contributed by atoms with Gasteiger partial charge in [0, 0.05) is 6.42 Å². The van der Waals surface area contributed by atoms with E-state index in [2.05, 4.69) is 15.2 Å². The summed E-state index contributed by atoms with van der Waals surface area (Å²) in [6.45, 7) is 0. The van der Waals surface area contributed by atoms with Crippen LogP contribution in [0.5, 0.6) is 5.75 Å². The molecule has 0 fully saturated rings. The number of nitrogens with one attached hydrogen (secondary N) is 1. The smallest absolute Gasteiger partial charge is 0.268 e. The fourth-order valence-electron chi connectivity index (χ4n) is 2.28. The SMILES string of the molecule is COc1cccc(Cc2ccc(CC(=O)C(=O)c3nc[nH]n3)o2)c1. The van der Waals surface area contributed by atoms with Crippen molar-refractivity contribution in [2.45, 2.75) is 12.8 Å². The minimum atomic E-state index is -0.734. The van der Waals surface area contributed by atoms with Gasteiger partial charge in [-0.1, -0.05) is 12.1 Å². The summed E-state index contributed by atoms with van der Waals surface area (Å²) >= 11 is 0. The molecule has 0 aliphatic rings. The molecule has 0 radical (unpaired) electrons. The van der Waals surface area contributed by atoms with Gasteiger partial charge in [0.25, 0.3) is 5.78 Å². The Hall–Kier alpha value is -3.22. The molecular formula is C17H15N3O4. The molecule has 0 bridgehead atoms. The normalized spacial score (nSPS) is 10.5. The number of aromatic amines is 1. The van der Waals surface area contributed by atoms with Crippen LogP contribution in [0, 0.1) is 0 Å². The van der Waals surface area contributed by atoms with Crippen LogP contribution < -0.4 is 4.74 Å². The van der Waals surface area contributed by atoms with Crippen molar-refractivity contribution in [1.82, 2.24) is 15.2 Å². The first-order valence-corrected chi connectivity index (χ1v) is 7.29. The fraction of sp³-hybridized carbons (Fsp3) is 0.176. The maximum absolute atomic E-state index is 11.9. The highest BCUT2D eigenvalue weighted by atomic mass is 16.5. The lowest BCUT2D eigenvalue weighted by Gasteiger charge is -2.02. The number of methoxy groups -OCH3 is 1. The van der Waals surface area contributed by atoms with Gasteiger partial charge in [-0.3, -0.25) is 14.7 Å². The molecule has 0 spiro atoms. The molecule has 3 rings (SSSR count). The molecule has 0 aliphatic carbocycles. The van der Waals surface area contributed by atoms with Gasteiger partial charge >= 0.3 is 0 Å². The highest BCUT2D eigenvalue weighted by molar-refractivity contribution is 6.42. The van der Waals surface area contributed by atoms with Crippen LogP contribution in [0.15, 0.2) is 47.1 Å². The maximum atomic E-state index is 11.9. The fourth-order valence-corrected chi connectivity index (χ4v) is 2.28. The first-order chi connectivity index (χ1) is 11.7. The summed E-state index contributed by atoms with van der Waals surface area (Å²) in [5.41, 5.74) is 1.03. The molecule has 0 saturated carbocycles. The van der Waals surface area contributed by atoms with Gasteiger partial charge < -0.3 is 9.15 Å². The Morgan fingerprint density at radius 1 is 1.21 bits per heavy atom. The molecular weight excluding hydrogens is 310 g/mol. The number of carbonyl (C=O) groups excluding carboxylic acids is 2. The van der Waals surface area contributed by atoms with E-state index in [1.807, 2.05) is 24.3 Å². The Kier molecular flexibility index (Phi) is 4.51. The number of rotatable bonds is 7. The van der Waals surface area contributed by atoms with Crippen LogP contribution in [-0.2, 0) is 17.6 Å². The molecule has 0 saturated heterocycles. The molecule has 0 amide bonds. The molecule has 3 aromatic rings. The highest BCUT2D eigenvalue weighted by Crippen LogP contribution is 2.18. The lowest BCUT2D eigenvalue weighted by atomic mass is 10.1. The van der Waals surface area contributed by atoms with Crippen molar-refractivity contribution in [3.63, 3.8) is 0 Å². The van der Waals surface area contributed by atoms with Crippen molar-refractivity contribution in [3.05, 3.63) is 65.6 Å². The van der Waals surface area contributed by atoms with Crippen LogP contribution in [0.4, 0.5) is 0 Å². The zero-order valence-corrected chi connectivity index (χ0v) is 13.0. The summed E-state index contributed by atoms with van der Waals surface area (Å²) in [5.74, 6) is 0.423. The van der Waals surface area contributed by atoms with Gasteiger partial charge in [-0.05, 0) is 29.8 Å². The number of carbonyl (C=O) groups is 2. The van der Waals surface area contributed by atoms with Crippen molar-refractivity contribution in [2.24, 2.45) is 0 Å². The number of hydrogen-bond acceptors (Lipinski definition) is 6. The number of hydrogen-bond donors (Lipinski definition) is 1. The Bertz CT molecular complexity index is 852. The van der Waals surface area contributed by atoms with Crippen molar-refractivity contribution in [2.75, 3.05) is 7.11 Å². The van der Waals surface area contributed by atoms with E-state index in [9.17, 15) is 9.59 Å². The lowest BCUT2D eigenvalue weighted by Crippen LogP contribution is -2.17. The number of aromatic nitrogens is 3. The van der Waals surface area contributed by atoms with Gasteiger partial charge in [0.05, 0.1) is 13.5 Å². The second-order valence-electron chi connectivity index (χ2n) is 5.15. The molecule has 1 N–H and O–H groups in total. The van der Waals surface area contributed by atoms with E-state index in [-0.39, 0.29) is 12.2 Å². The summed E-state index contributed by atoms with van der Waals surface area (Å²) in [5, 5.41) is 6.01. The number of ether oxygens (including phenoxy) is 1. The lowest BCUT2D eigenvalue weighted by molar-refractivity contribution is -0.114. The van der Waals surface area contributed by atoms with Crippen molar-refractivity contribution in [3.8, 4) is 5.75 Å². The third-order valence-corrected chi connectivity index (χ3v) is 3.44. The molecule has 0 atom stereocenters. The van der Waals surface area contributed by atoms with Crippen LogP contribution in [-0.4, -0.2) is 33.9 Å². The summed E-state index contributed by atoms with van der Waals surface area (Å²) in [7, 11) is 1.61. The summed E-state index contributed by atoms with van der Waals surface area (Å²) in [6, 6.07) is 11.1. The van der Waals surface area contributed by atoms with E-state index in [4.69, 9.17) is 9.15 Å². The number of furan rings is 1. The number of H-pyrrole nitrogens is 1. The first kappa shape index (κ1) is 15.7. The molecule has 122 valence electrons. The minimum absolute atomic E-state index is 0.120. The van der Waals surface area contributed by atoms with Crippen molar-refractivity contribution < 1.29 is 18.7 Å². The molecule has 0 unspecified atom stereocenters.